The lowest BCUT2D eigenvalue weighted by molar-refractivity contribution is -0.137. The van der Waals surface area contributed by atoms with Gasteiger partial charge in [-0.05, 0) is 30.4 Å². The lowest BCUT2D eigenvalue weighted by Crippen LogP contribution is -2.07. The van der Waals surface area contributed by atoms with Crippen molar-refractivity contribution in [1.29, 1.82) is 5.26 Å². The molecule has 0 radical (unpaired) electrons. The molecule has 0 amide bonds. The van der Waals surface area contributed by atoms with Crippen LogP contribution in [0.3, 0.4) is 0 Å². The van der Waals surface area contributed by atoms with E-state index in [4.69, 9.17) is 16.9 Å². The van der Waals surface area contributed by atoms with E-state index in [2.05, 4.69) is 0 Å². The second-order valence-corrected chi connectivity index (χ2v) is 4.75. The van der Waals surface area contributed by atoms with Gasteiger partial charge in [-0.15, -0.1) is 23.4 Å². The summed E-state index contributed by atoms with van der Waals surface area (Å²) in [5.41, 5.74) is -1.23. The molecule has 0 spiro atoms. The van der Waals surface area contributed by atoms with Gasteiger partial charge in [0.2, 0.25) is 0 Å². The highest BCUT2D eigenvalue weighted by molar-refractivity contribution is 7.99. The van der Waals surface area contributed by atoms with Crippen molar-refractivity contribution in [3.8, 4) is 6.07 Å². The minimum atomic E-state index is -4.49. The van der Waals surface area contributed by atoms with Crippen molar-refractivity contribution in [3.63, 3.8) is 0 Å². The standard InChI is InChI=1S/C11H9ClF3NS/c12-4-1-5-17-9-3-2-8(7-16)10(6-9)11(13,14)15/h2-3,6H,1,4-5H2. The van der Waals surface area contributed by atoms with Crippen molar-refractivity contribution in [2.75, 3.05) is 11.6 Å². The second-order valence-electron chi connectivity index (χ2n) is 3.21. The number of hydrogen-bond acceptors (Lipinski definition) is 2. The largest absolute Gasteiger partial charge is 0.417 e. The Bertz CT molecular complexity index is 426. The third-order valence-electron chi connectivity index (χ3n) is 1.96. The first-order valence-electron chi connectivity index (χ1n) is 4.79. The molecule has 0 aliphatic rings. The third kappa shape index (κ3) is 4.14. The van der Waals surface area contributed by atoms with Gasteiger partial charge < -0.3 is 0 Å². The number of hydrogen-bond donors (Lipinski definition) is 0. The summed E-state index contributed by atoms with van der Waals surface area (Å²) in [4.78, 5) is 0.501. The van der Waals surface area contributed by atoms with Crippen LogP contribution < -0.4 is 0 Å². The number of rotatable bonds is 4. The zero-order valence-electron chi connectivity index (χ0n) is 8.72. The maximum Gasteiger partial charge on any atom is 0.417 e. The molecule has 92 valence electrons. The molecule has 0 bridgehead atoms. The molecule has 17 heavy (non-hydrogen) atoms. The molecule has 1 rings (SSSR count). The summed E-state index contributed by atoms with van der Waals surface area (Å²) in [6.07, 6.45) is -3.76. The minimum Gasteiger partial charge on any atom is -0.192 e. The van der Waals surface area contributed by atoms with Crippen LogP contribution in [0.25, 0.3) is 0 Å². The Morgan fingerprint density at radius 1 is 1.35 bits per heavy atom. The molecular weight excluding hydrogens is 271 g/mol. The van der Waals surface area contributed by atoms with Gasteiger partial charge in [0.05, 0.1) is 17.2 Å². The van der Waals surface area contributed by atoms with E-state index in [-0.39, 0.29) is 5.56 Å². The van der Waals surface area contributed by atoms with E-state index >= 15 is 0 Å². The highest BCUT2D eigenvalue weighted by atomic mass is 35.5. The van der Waals surface area contributed by atoms with Crippen LogP contribution in [-0.4, -0.2) is 11.6 Å². The molecule has 0 heterocycles. The van der Waals surface area contributed by atoms with E-state index in [9.17, 15) is 13.2 Å². The first kappa shape index (κ1) is 14.2. The smallest absolute Gasteiger partial charge is 0.192 e. The van der Waals surface area contributed by atoms with Gasteiger partial charge in [0.1, 0.15) is 0 Å². The van der Waals surface area contributed by atoms with Crippen LogP contribution in [0.1, 0.15) is 17.5 Å². The Morgan fingerprint density at radius 3 is 2.59 bits per heavy atom. The quantitative estimate of drug-likeness (QED) is 0.466. The van der Waals surface area contributed by atoms with Crippen LogP contribution in [0.2, 0.25) is 0 Å². The van der Waals surface area contributed by atoms with Gasteiger partial charge in [-0.2, -0.15) is 18.4 Å². The van der Waals surface area contributed by atoms with Crippen LogP contribution in [0, 0.1) is 11.3 Å². The van der Waals surface area contributed by atoms with Crippen LogP contribution >= 0.6 is 23.4 Å². The number of benzene rings is 1. The number of thioether (sulfide) groups is 1. The van der Waals surface area contributed by atoms with Crippen molar-refractivity contribution in [2.45, 2.75) is 17.5 Å². The van der Waals surface area contributed by atoms with Crippen molar-refractivity contribution >= 4 is 23.4 Å². The van der Waals surface area contributed by atoms with Gasteiger partial charge in [0.15, 0.2) is 0 Å². The summed E-state index contributed by atoms with van der Waals surface area (Å²) < 4.78 is 37.9. The average molecular weight is 280 g/mol. The third-order valence-corrected chi connectivity index (χ3v) is 3.31. The highest BCUT2D eigenvalue weighted by Gasteiger charge is 2.33. The Morgan fingerprint density at radius 2 is 2.06 bits per heavy atom. The maximum absolute atomic E-state index is 12.6. The molecule has 0 atom stereocenters. The minimum absolute atomic E-state index is 0.348. The van der Waals surface area contributed by atoms with E-state index < -0.39 is 11.7 Å². The van der Waals surface area contributed by atoms with Crippen LogP contribution in [0.4, 0.5) is 13.2 Å². The fourth-order valence-electron chi connectivity index (χ4n) is 1.19. The molecule has 6 heteroatoms. The number of nitriles is 1. The number of nitrogens with zero attached hydrogens (tertiary/aromatic N) is 1. The predicted octanol–water partition coefficient (Wildman–Crippen LogP) is 4.30. The molecule has 0 unspecified atom stereocenters. The number of alkyl halides is 4. The molecule has 1 aromatic rings. The van der Waals surface area contributed by atoms with E-state index in [1.54, 1.807) is 6.07 Å². The monoisotopic (exact) mass is 279 g/mol. The van der Waals surface area contributed by atoms with Crippen LogP contribution in [0.15, 0.2) is 23.1 Å². The van der Waals surface area contributed by atoms with Crippen LogP contribution in [-0.2, 0) is 6.18 Å². The Balaban J connectivity index is 2.94. The Labute approximate surface area is 107 Å². The lowest BCUT2D eigenvalue weighted by atomic mass is 10.1. The SMILES string of the molecule is N#Cc1ccc(SCCCCl)cc1C(F)(F)F. The fourth-order valence-corrected chi connectivity index (χ4v) is 2.37. The predicted molar refractivity (Wildman–Crippen MR) is 62.2 cm³/mol. The van der Waals surface area contributed by atoms with Crippen molar-refractivity contribution in [2.24, 2.45) is 0 Å². The summed E-state index contributed by atoms with van der Waals surface area (Å²) in [5, 5.41) is 8.61. The first-order chi connectivity index (χ1) is 7.99. The molecule has 0 saturated heterocycles. The van der Waals surface area contributed by atoms with Crippen molar-refractivity contribution in [1.82, 2.24) is 0 Å². The maximum atomic E-state index is 12.6. The second kappa shape index (κ2) is 6.18. The molecule has 0 N–H and O–H groups in total. The van der Waals surface area contributed by atoms with Crippen molar-refractivity contribution in [3.05, 3.63) is 29.3 Å². The van der Waals surface area contributed by atoms with Gasteiger partial charge >= 0.3 is 6.18 Å². The van der Waals surface area contributed by atoms with E-state index in [1.165, 1.54) is 23.9 Å². The number of halogens is 4. The Kier molecular flexibility index (Phi) is 5.16. The summed E-state index contributed by atoms with van der Waals surface area (Å²) in [5.74, 6) is 1.14. The van der Waals surface area contributed by atoms with Gasteiger partial charge in [-0.1, -0.05) is 0 Å². The van der Waals surface area contributed by atoms with Crippen molar-refractivity contribution < 1.29 is 13.2 Å². The van der Waals surface area contributed by atoms with E-state index in [1.807, 2.05) is 0 Å². The first-order valence-corrected chi connectivity index (χ1v) is 6.31. The molecule has 0 aliphatic heterocycles. The average Bonchev–Trinajstić information content (AvgIpc) is 2.28. The summed E-state index contributed by atoms with van der Waals surface area (Å²) >= 11 is 6.78. The highest BCUT2D eigenvalue weighted by Crippen LogP contribution is 2.34. The molecule has 1 aromatic carbocycles. The van der Waals surface area contributed by atoms with Gasteiger partial charge in [0.25, 0.3) is 0 Å². The van der Waals surface area contributed by atoms with E-state index in [0.717, 1.165) is 12.5 Å². The van der Waals surface area contributed by atoms with Gasteiger partial charge in [-0.25, -0.2) is 0 Å². The molecule has 0 saturated carbocycles. The zero-order valence-corrected chi connectivity index (χ0v) is 10.3. The summed E-state index contributed by atoms with van der Waals surface area (Å²) in [7, 11) is 0. The molecule has 0 fully saturated rings. The molecule has 0 aliphatic carbocycles. The van der Waals surface area contributed by atoms with Gasteiger partial charge in [-0.3, -0.25) is 0 Å². The zero-order chi connectivity index (χ0) is 12.9. The van der Waals surface area contributed by atoms with Crippen LogP contribution in [0.5, 0.6) is 0 Å². The molecule has 1 nitrogen and oxygen atoms in total. The van der Waals surface area contributed by atoms with E-state index in [0.29, 0.717) is 16.5 Å². The summed E-state index contributed by atoms with van der Waals surface area (Å²) in [6, 6.07) is 5.28. The molecule has 0 aromatic heterocycles. The normalized spacial score (nSPS) is 11.2. The van der Waals surface area contributed by atoms with Gasteiger partial charge in [0, 0.05) is 10.8 Å². The molecular formula is C11H9ClF3NS. The Hall–Kier alpha value is -0.860. The fraction of sp³-hybridized carbons (Fsp3) is 0.364. The topological polar surface area (TPSA) is 23.8 Å². The lowest BCUT2D eigenvalue weighted by Gasteiger charge is -2.10. The summed E-state index contributed by atoms with van der Waals surface area (Å²) in [6.45, 7) is 0.